The van der Waals surface area contributed by atoms with Crippen molar-refractivity contribution in [2.45, 2.75) is 13.3 Å². The number of aryl methyl sites for hydroxylation is 1. The van der Waals surface area contributed by atoms with Gasteiger partial charge in [0.2, 0.25) is 0 Å². The van der Waals surface area contributed by atoms with Crippen molar-refractivity contribution >= 4 is 22.8 Å². The first-order valence-electron chi connectivity index (χ1n) is 8.89. The molecular formula is C20H21N5O. The molecule has 0 saturated carbocycles. The summed E-state index contributed by atoms with van der Waals surface area (Å²) in [5.41, 5.74) is 3.45. The molecule has 6 nitrogen and oxygen atoms in total. The number of rotatable bonds is 2. The van der Waals surface area contributed by atoms with Gasteiger partial charge in [-0.15, -0.1) is 0 Å². The molecule has 0 spiro atoms. The highest BCUT2D eigenvalue weighted by Gasteiger charge is 2.22. The van der Waals surface area contributed by atoms with Gasteiger partial charge in [-0.3, -0.25) is 14.8 Å². The zero-order valence-electron chi connectivity index (χ0n) is 14.8. The van der Waals surface area contributed by atoms with E-state index in [2.05, 4.69) is 14.9 Å². The van der Waals surface area contributed by atoms with Gasteiger partial charge in [-0.25, -0.2) is 4.98 Å². The number of aromatic nitrogens is 3. The Morgan fingerprint density at radius 1 is 1.00 bits per heavy atom. The number of carbonyl (C=O) groups excluding carboxylic acids is 1. The smallest absolute Gasteiger partial charge is 0.255 e. The summed E-state index contributed by atoms with van der Waals surface area (Å²) in [4.78, 5) is 30.3. The minimum absolute atomic E-state index is 0.0574. The van der Waals surface area contributed by atoms with Gasteiger partial charge in [0.15, 0.2) is 0 Å². The Morgan fingerprint density at radius 2 is 1.85 bits per heavy atom. The number of nitrogens with zero attached hydrogens (tertiary/aromatic N) is 5. The highest BCUT2D eigenvalue weighted by Crippen LogP contribution is 2.18. The molecule has 26 heavy (non-hydrogen) atoms. The lowest BCUT2D eigenvalue weighted by atomic mass is 10.1. The maximum Gasteiger partial charge on any atom is 0.255 e. The van der Waals surface area contributed by atoms with Crippen LogP contribution < -0.4 is 4.90 Å². The van der Waals surface area contributed by atoms with Crippen LogP contribution in [0.2, 0.25) is 0 Å². The Bertz CT molecular complexity index is 942. The van der Waals surface area contributed by atoms with Crippen molar-refractivity contribution in [3.63, 3.8) is 0 Å². The van der Waals surface area contributed by atoms with Crippen molar-refractivity contribution in [1.29, 1.82) is 0 Å². The number of amides is 1. The second-order valence-electron chi connectivity index (χ2n) is 6.54. The average molecular weight is 347 g/mol. The quantitative estimate of drug-likeness (QED) is 0.713. The highest BCUT2D eigenvalue weighted by atomic mass is 16.2. The van der Waals surface area contributed by atoms with Gasteiger partial charge in [-0.05, 0) is 37.1 Å². The molecule has 4 rings (SSSR count). The van der Waals surface area contributed by atoms with Gasteiger partial charge in [0.25, 0.3) is 5.91 Å². The molecule has 1 aliphatic rings. The first-order valence-corrected chi connectivity index (χ1v) is 8.89. The van der Waals surface area contributed by atoms with E-state index in [9.17, 15) is 4.79 Å². The number of hydrogen-bond donors (Lipinski definition) is 0. The molecule has 0 aliphatic carbocycles. The molecule has 1 amide bonds. The average Bonchev–Trinajstić information content (AvgIpc) is 2.94. The molecule has 3 aromatic rings. The van der Waals surface area contributed by atoms with E-state index in [-0.39, 0.29) is 5.91 Å². The number of para-hydroxylation sites is 2. The number of pyridine rings is 1. The molecule has 0 atom stereocenters. The molecule has 1 fully saturated rings. The molecule has 0 unspecified atom stereocenters. The Morgan fingerprint density at radius 3 is 2.69 bits per heavy atom. The molecule has 1 aromatic carbocycles. The van der Waals surface area contributed by atoms with Crippen molar-refractivity contribution in [1.82, 2.24) is 19.9 Å². The van der Waals surface area contributed by atoms with E-state index < -0.39 is 0 Å². The van der Waals surface area contributed by atoms with Gasteiger partial charge in [0, 0.05) is 38.6 Å². The summed E-state index contributed by atoms with van der Waals surface area (Å²) in [7, 11) is 0. The van der Waals surface area contributed by atoms with Gasteiger partial charge in [0.05, 0.1) is 22.8 Å². The number of benzene rings is 1. The number of carbonyl (C=O) groups is 1. The maximum absolute atomic E-state index is 12.8. The van der Waals surface area contributed by atoms with E-state index in [1.807, 2.05) is 48.4 Å². The van der Waals surface area contributed by atoms with E-state index >= 15 is 0 Å². The lowest BCUT2D eigenvalue weighted by Gasteiger charge is -2.23. The van der Waals surface area contributed by atoms with Crippen LogP contribution in [-0.4, -0.2) is 51.9 Å². The zero-order chi connectivity index (χ0) is 17.9. The normalized spacial score (nSPS) is 15.1. The second-order valence-corrected chi connectivity index (χ2v) is 6.54. The Balaban J connectivity index is 1.51. The zero-order valence-corrected chi connectivity index (χ0v) is 14.8. The summed E-state index contributed by atoms with van der Waals surface area (Å²) in [5.74, 6) is 0.928. The van der Waals surface area contributed by atoms with Crippen LogP contribution in [0.1, 0.15) is 22.3 Å². The summed E-state index contributed by atoms with van der Waals surface area (Å²) < 4.78 is 0. The van der Waals surface area contributed by atoms with E-state index in [4.69, 9.17) is 4.98 Å². The van der Waals surface area contributed by atoms with Crippen LogP contribution in [0.4, 0.5) is 5.82 Å². The molecule has 6 heteroatoms. The second kappa shape index (κ2) is 7.07. The van der Waals surface area contributed by atoms with Gasteiger partial charge < -0.3 is 9.80 Å². The molecule has 0 N–H and O–H groups in total. The minimum Gasteiger partial charge on any atom is -0.353 e. The standard InChI is InChI=1S/C20H21N5O/c1-15-7-8-21-13-16(15)20(26)25-10-4-9-24(11-12-25)19-14-22-17-5-2-3-6-18(17)23-19/h2-3,5-8,13-14H,4,9-12H2,1H3. The maximum atomic E-state index is 12.8. The van der Waals surface area contributed by atoms with Crippen LogP contribution in [0.15, 0.2) is 48.9 Å². The first kappa shape index (κ1) is 16.4. The van der Waals surface area contributed by atoms with Gasteiger partial charge in [-0.2, -0.15) is 0 Å². The van der Waals surface area contributed by atoms with E-state index in [0.717, 1.165) is 48.5 Å². The number of anilines is 1. The van der Waals surface area contributed by atoms with Crippen molar-refractivity contribution in [2.24, 2.45) is 0 Å². The molecule has 3 heterocycles. The van der Waals surface area contributed by atoms with Crippen molar-refractivity contribution < 1.29 is 4.79 Å². The highest BCUT2D eigenvalue weighted by molar-refractivity contribution is 5.95. The molecule has 0 radical (unpaired) electrons. The summed E-state index contributed by atoms with van der Waals surface area (Å²) in [6, 6.07) is 9.75. The predicted molar refractivity (Wildman–Crippen MR) is 101 cm³/mol. The molecule has 132 valence electrons. The van der Waals surface area contributed by atoms with Crippen LogP contribution >= 0.6 is 0 Å². The number of hydrogen-bond acceptors (Lipinski definition) is 5. The first-order chi connectivity index (χ1) is 12.7. The topological polar surface area (TPSA) is 62.2 Å². The third kappa shape index (κ3) is 3.22. The summed E-state index contributed by atoms with van der Waals surface area (Å²) in [6.07, 6.45) is 6.11. The predicted octanol–water partition coefficient (Wildman–Crippen LogP) is 2.69. The summed E-state index contributed by atoms with van der Waals surface area (Å²) >= 11 is 0. The molecule has 1 aliphatic heterocycles. The third-order valence-corrected chi connectivity index (χ3v) is 4.81. The van der Waals surface area contributed by atoms with E-state index in [0.29, 0.717) is 12.1 Å². The van der Waals surface area contributed by atoms with E-state index in [1.54, 1.807) is 12.4 Å². The summed E-state index contributed by atoms with van der Waals surface area (Å²) in [6.45, 7) is 4.97. The fourth-order valence-corrected chi connectivity index (χ4v) is 3.31. The van der Waals surface area contributed by atoms with Gasteiger partial charge >= 0.3 is 0 Å². The lowest BCUT2D eigenvalue weighted by molar-refractivity contribution is 0.0766. The van der Waals surface area contributed by atoms with E-state index in [1.165, 1.54) is 0 Å². The van der Waals surface area contributed by atoms with Crippen LogP contribution in [0.5, 0.6) is 0 Å². The number of fused-ring (bicyclic) bond motifs is 1. The third-order valence-electron chi connectivity index (χ3n) is 4.81. The van der Waals surface area contributed by atoms with Crippen LogP contribution in [0, 0.1) is 6.92 Å². The van der Waals surface area contributed by atoms with Crippen LogP contribution in [-0.2, 0) is 0 Å². The van der Waals surface area contributed by atoms with Gasteiger partial charge in [0.1, 0.15) is 5.82 Å². The Kier molecular flexibility index (Phi) is 4.48. The van der Waals surface area contributed by atoms with Crippen LogP contribution in [0.3, 0.4) is 0 Å². The van der Waals surface area contributed by atoms with Gasteiger partial charge in [-0.1, -0.05) is 12.1 Å². The largest absolute Gasteiger partial charge is 0.353 e. The minimum atomic E-state index is 0.0574. The molecule has 0 bridgehead atoms. The lowest BCUT2D eigenvalue weighted by Crippen LogP contribution is -2.35. The Labute approximate surface area is 152 Å². The van der Waals surface area contributed by atoms with Crippen molar-refractivity contribution in [3.05, 3.63) is 60.0 Å². The summed E-state index contributed by atoms with van der Waals surface area (Å²) in [5, 5.41) is 0. The van der Waals surface area contributed by atoms with Crippen LogP contribution in [0.25, 0.3) is 11.0 Å². The molecule has 2 aromatic heterocycles. The Hall–Kier alpha value is -3.02. The van der Waals surface area contributed by atoms with Crippen molar-refractivity contribution in [2.75, 3.05) is 31.1 Å². The fourth-order valence-electron chi connectivity index (χ4n) is 3.31. The SMILES string of the molecule is Cc1ccncc1C(=O)N1CCCN(c2cnc3ccccc3n2)CC1. The molecular weight excluding hydrogens is 326 g/mol. The van der Waals surface area contributed by atoms with Crippen molar-refractivity contribution in [3.8, 4) is 0 Å². The molecule has 1 saturated heterocycles. The monoisotopic (exact) mass is 347 g/mol. The fraction of sp³-hybridized carbons (Fsp3) is 0.300.